The number of carbonyl (C=O) groups excluding carboxylic acids is 1. The number of halogens is 1. The van der Waals surface area contributed by atoms with Crippen LogP contribution in [-0.2, 0) is 11.8 Å². The summed E-state index contributed by atoms with van der Waals surface area (Å²) in [6.45, 7) is 6.34. The van der Waals surface area contributed by atoms with Crippen molar-refractivity contribution in [1.82, 2.24) is 14.7 Å². The number of carbonyl (C=O) groups is 1. The maximum atomic E-state index is 12.2. The summed E-state index contributed by atoms with van der Waals surface area (Å²) in [5, 5.41) is 4.66. The molecule has 0 saturated heterocycles. The van der Waals surface area contributed by atoms with Crippen molar-refractivity contribution in [2.75, 3.05) is 13.1 Å². The molecule has 2 rings (SSSR count). The SMILES string of the molecule is Cn1ncc(Cl)c1C1=CC(N)CN(C(=O)OC(C)(C)C)C1. The average molecular weight is 313 g/mol. The molecule has 1 aliphatic rings. The zero-order valence-electron chi connectivity index (χ0n) is 12.8. The van der Waals surface area contributed by atoms with Crippen LogP contribution in [0.3, 0.4) is 0 Å². The number of aromatic nitrogens is 2. The first-order chi connectivity index (χ1) is 9.67. The second-order valence-corrected chi connectivity index (χ2v) is 6.59. The highest BCUT2D eigenvalue weighted by Gasteiger charge is 2.28. The van der Waals surface area contributed by atoms with Gasteiger partial charge in [-0.3, -0.25) is 4.68 Å². The number of amides is 1. The van der Waals surface area contributed by atoms with Crippen LogP contribution in [0.1, 0.15) is 26.5 Å². The molecule has 1 atom stereocenters. The molecule has 1 aromatic heterocycles. The Morgan fingerprint density at radius 1 is 1.52 bits per heavy atom. The van der Waals surface area contributed by atoms with E-state index in [0.717, 1.165) is 11.3 Å². The van der Waals surface area contributed by atoms with Gasteiger partial charge in [0.15, 0.2) is 0 Å². The van der Waals surface area contributed by atoms with E-state index in [1.54, 1.807) is 22.8 Å². The Hall–Kier alpha value is -1.53. The lowest BCUT2D eigenvalue weighted by atomic mass is 10.0. The van der Waals surface area contributed by atoms with Crippen molar-refractivity contribution in [3.05, 3.63) is 23.0 Å². The van der Waals surface area contributed by atoms with Gasteiger partial charge in [0.25, 0.3) is 0 Å². The molecule has 21 heavy (non-hydrogen) atoms. The first kappa shape index (κ1) is 15.9. The van der Waals surface area contributed by atoms with Crippen LogP contribution in [0.4, 0.5) is 4.79 Å². The summed E-state index contributed by atoms with van der Waals surface area (Å²) in [6, 6.07) is -0.257. The fourth-order valence-corrected chi connectivity index (χ4v) is 2.57. The summed E-state index contributed by atoms with van der Waals surface area (Å²) in [4.78, 5) is 13.8. The summed E-state index contributed by atoms with van der Waals surface area (Å²) in [5.41, 5.74) is 7.15. The molecule has 7 heteroatoms. The van der Waals surface area contributed by atoms with Gasteiger partial charge in [0.1, 0.15) is 5.60 Å². The Morgan fingerprint density at radius 3 is 2.71 bits per heavy atom. The van der Waals surface area contributed by atoms with E-state index < -0.39 is 5.60 Å². The van der Waals surface area contributed by atoms with Gasteiger partial charge in [0.05, 0.1) is 23.5 Å². The van der Waals surface area contributed by atoms with Gasteiger partial charge >= 0.3 is 6.09 Å². The minimum atomic E-state index is -0.535. The summed E-state index contributed by atoms with van der Waals surface area (Å²) in [7, 11) is 1.81. The summed E-state index contributed by atoms with van der Waals surface area (Å²) in [6.07, 6.45) is 3.13. The maximum absolute atomic E-state index is 12.2. The van der Waals surface area contributed by atoms with Gasteiger partial charge in [-0.1, -0.05) is 17.7 Å². The van der Waals surface area contributed by atoms with Crippen LogP contribution in [-0.4, -0.2) is 45.5 Å². The first-order valence-electron chi connectivity index (χ1n) is 6.79. The second-order valence-electron chi connectivity index (χ2n) is 6.18. The Balaban J connectivity index is 2.21. The predicted octanol–water partition coefficient (Wildman–Crippen LogP) is 2.03. The lowest BCUT2D eigenvalue weighted by Gasteiger charge is -2.32. The fraction of sp³-hybridized carbons (Fsp3) is 0.571. The molecule has 0 aromatic carbocycles. The van der Waals surface area contributed by atoms with E-state index in [-0.39, 0.29) is 12.1 Å². The zero-order chi connectivity index (χ0) is 15.8. The Labute approximate surface area is 129 Å². The number of hydrogen-bond donors (Lipinski definition) is 1. The smallest absolute Gasteiger partial charge is 0.410 e. The van der Waals surface area contributed by atoms with Crippen molar-refractivity contribution >= 4 is 23.3 Å². The monoisotopic (exact) mass is 312 g/mol. The number of nitrogens with zero attached hydrogens (tertiary/aromatic N) is 3. The lowest BCUT2D eigenvalue weighted by Crippen LogP contribution is -2.46. The van der Waals surface area contributed by atoms with Crippen molar-refractivity contribution < 1.29 is 9.53 Å². The minimum Gasteiger partial charge on any atom is -0.444 e. The summed E-state index contributed by atoms with van der Waals surface area (Å²) >= 11 is 6.16. The topological polar surface area (TPSA) is 73.4 Å². The van der Waals surface area contributed by atoms with Gasteiger partial charge in [-0.05, 0) is 26.3 Å². The molecule has 6 nitrogen and oxygen atoms in total. The number of aryl methyl sites for hydroxylation is 1. The Kier molecular flexibility index (Phi) is 4.30. The third kappa shape index (κ3) is 3.77. The zero-order valence-corrected chi connectivity index (χ0v) is 13.5. The standard InChI is InChI=1S/C14H21ClN4O2/c1-14(2,3)21-13(20)19-7-9(5-10(16)8-19)12-11(15)6-17-18(12)4/h5-6,10H,7-8,16H2,1-4H3. The molecule has 1 aliphatic heterocycles. The summed E-state index contributed by atoms with van der Waals surface area (Å²) in [5.74, 6) is 0. The summed E-state index contributed by atoms with van der Waals surface area (Å²) < 4.78 is 7.08. The molecular weight excluding hydrogens is 292 g/mol. The van der Waals surface area contributed by atoms with Crippen molar-refractivity contribution in [2.45, 2.75) is 32.4 Å². The molecule has 0 radical (unpaired) electrons. The van der Waals surface area contributed by atoms with Crippen molar-refractivity contribution in [2.24, 2.45) is 12.8 Å². The first-order valence-corrected chi connectivity index (χ1v) is 7.17. The van der Waals surface area contributed by atoms with E-state index in [4.69, 9.17) is 22.1 Å². The third-order valence-corrected chi connectivity index (χ3v) is 3.33. The molecule has 1 unspecified atom stereocenters. The van der Waals surface area contributed by atoms with E-state index in [1.807, 2.05) is 26.8 Å². The molecule has 1 amide bonds. The van der Waals surface area contributed by atoms with Crippen LogP contribution in [0.5, 0.6) is 0 Å². The van der Waals surface area contributed by atoms with Crippen molar-refractivity contribution in [3.63, 3.8) is 0 Å². The Morgan fingerprint density at radius 2 is 2.19 bits per heavy atom. The number of hydrogen-bond acceptors (Lipinski definition) is 4. The number of nitrogens with two attached hydrogens (primary N) is 1. The van der Waals surface area contributed by atoms with Gasteiger partial charge in [-0.15, -0.1) is 0 Å². The van der Waals surface area contributed by atoms with Crippen LogP contribution in [0.25, 0.3) is 5.57 Å². The molecule has 0 fully saturated rings. The molecule has 1 aromatic rings. The largest absolute Gasteiger partial charge is 0.444 e. The molecule has 0 aliphatic carbocycles. The van der Waals surface area contributed by atoms with Crippen molar-refractivity contribution in [3.8, 4) is 0 Å². The molecule has 116 valence electrons. The predicted molar refractivity (Wildman–Crippen MR) is 82.0 cm³/mol. The third-order valence-electron chi connectivity index (χ3n) is 3.06. The number of rotatable bonds is 1. The van der Waals surface area contributed by atoms with Crippen LogP contribution in [0, 0.1) is 0 Å². The average Bonchev–Trinajstić information content (AvgIpc) is 2.66. The molecule has 2 heterocycles. The van der Waals surface area contributed by atoms with Gasteiger partial charge < -0.3 is 15.4 Å². The normalized spacial score (nSPS) is 19.4. The highest BCUT2D eigenvalue weighted by molar-refractivity contribution is 6.32. The van der Waals surface area contributed by atoms with Gasteiger partial charge in [-0.25, -0.2) is 4.79 Å². The van der Waals surface area contributed by atoms with Crippen LogP contribution >= 0.6 is 11.6 Å². The highest BCUT2D eigenvalue weighted by Crippen LogP contribution is 2.27. The van der Waals surface area contributed by atoms with Gasteiger partial charge in [-0.2, -0.15) is 5.10 Å². The molecule has 0 saturated carbocycles. The number of ether oxygens (including phenoxy) is 1. The van der Waals surface area contributed by atoms with E-state index in [9.17, 15) is 4.79 Å². The van der Waals surface area contributed by atoms with Gasteiger partial charge in [0.2, 0.25) is 0 Å². The molecular formula is C14H21ClN4O2. The van der Waals surface area contributed by atoms with E-state index in [2.05, 4.69) is 5.10 Å². The van der Waals surface area contributed by atoms with Gasteiger partial charge in [0, 0.05) is 19.6 Å². The minimum absolute atomic E-state index is 0.257. The Bertz CT molecular complexity index is 555. The van der Waals surface area contributed by atoms with Crippen molar-refractivity contribution in [1.29, 1.82) is 0 Å². The molecule has 0 bridgehead atoms. The molecule has 2 N–H and O–H groups in total. The maximum Gasteiger partial charge on any atom is 0.410 e. The second kappa shape index (κ2) is 5.69. The lowest BCUT2D eigenvalue weighted by molar-refractivity contribution is 0.0265. The van der Waals surface area contributed by atoms with Crippen LogP contribution in [0.2, 0.25) is 5.02 Å². The quantitative estimate of drug-likeness (QED) is 0.861. The van der Waals surface area contributed by atoms with E-state index in [0.29, 0.717) is 18.1 Å². The fourth-order valence-electron chi connectivity index (χ4n) is 2.28. The van der Waals surface area contributed by atoms with Crippen LogP contribution in [0.15, 0.2) is 12.3 Å². The highest BCUT2D eigenvalue weighted by atomic mass is 35.5. The van der Waals surface area contributed by atoms with E-state index >= 15 is 0 Å². The molecule has 0 spiro atoms. The van der Waals surface area contributed by atoms with Crippen LogP contribution < -0.4 is 5.73 Å². The van der Waals surface area contributed by atoms with E-state index in [1.165, 1.54) is 0 Å².